The number of hydrogen-bond donors (Lipinski definition) is 3. The molecule has 17 nitrogen and oxygen atoms in total. The maximum absolute atomic E-state index is 13.1. The minimum Gasteiger partial charge on any atom is -0.462 e. The van der Waals surface area contributed by atoms with Crippen molar-refractivity contribution in [2.75, 3.05) is 39.6 Å². The van der Waals surface area contributed by atoms with Crippen molar-refractivity contribution in [3.05, 3.63) is 0 Å². The van der Waals surface area contributed by atoms with Crippen LogP contribution >= 0.6 is 15.6 Å². The van der Waals surface area contributed by atoms with Crippen LogP contribution in [0, 0.1) is 23.7 Å². The van der Waals surface area contributed by atoms with Gasteiger partial charge in [-0.15, -0.1) is 0 Å². The molecule has 0 aliphatic heterocycles. The summed E-state index contributed by atoms with van der Waals surface area (Å²) in [7, 11) is -9.91. The van der Waals surface area contributed by atoms with Crippen LogP contribution in [0.3, 0.4) is 0 Å². The number of unbranched alkanes of at least 4 members (excludes halogenated alkanes) is 35. The molecule has 0 radical (unpaired) electrons. The summed E-state index contributed by atoms with van der Waals surface area (Å²) in [6.07, 6.45) is 47.1. The molecule has 19 heteroatoms. The number of rotatable bonds is 71. The van der Waals surface area contributed by atoms with Crippen LogP contribution in [0.2, 0.25) is 0 Å². The molecule has 0 aliphatic carbocycles. The zero-order chi connectivity index (χ0) is 68.9. The van der Waals surface area contributed by atoms with Gasteiger partial charge in [-0.05, 0) is 49.4 Å². The molecular formula is C74H144O17P2. The lowest BCUT2D eigenvalue weighted by molar-refractivity contribution is -0.161. The number of aliphatic hydroxyl groups excluding tert-OH is 1. The molecule has 0 amide bonds. The van der Waals surface area contributed by atoms with Gasteiger partial charge < -0.3 is 33.8 Å². The largest absolute Gasteiger partial charge is 0.472 e. The van der Waals surface area contributed by atoms with Gasteiger partial charge in [0.15, 0.2) is 12.2 Å². The van der Waals surface area contributed by atoms with E-state index in [1.807, 2.05) is 0 Å². The maximum Gasteiger partial charge on any atom is 0.472 e. The van der Waals surface area contributed by atoms with Gasteiger partial charge in [0, 0.05) is 25.7 Å². The Morgan fingerprint density at radius 2 is 0.516 bits per heavy atom. The van der Waals surface area contributed by atoms with Gasteiger partial charge in [-0.1, -0.05) is 319 Å². The Kier molecular flexibility index (Phi) is 62.2. The summed E-state index contributed by atoms with van der Waals surface area (Å²) in [6, 6.07) is 0. The van der Waals surface area contributed by atoms with Gasteiger partial charge in [0.05, 0.1) is 26.4 Å². The van der Waals surface area contributed by atoms with Gasteiger partial charge in [0.25, 0.3) is 0 Å². The number of ether oxygens (including phenoxy) is 4. The van der Waals surface area contributed by atoms with Crippen LogP contribution in [0.25, 0.3) is 0 Å². The van der Waals surface area contributed by atoms with Gasteiger partial charge in [-0.25, -0.2) is 9.13 Å². The molecule has 0 aromatic heterocycles. The molecule has 0 heterocycles. The molecule has 4 unspecified atom stereocenters. The molecule has 93 heavy (non-hydrogen) atoms. The van der Waals surface area contributed by atoms with E-state index < -0.39 is 97.5 Å². The monoisotopic (exact) mass is 1370 g/mol. The Balaban J connectivity index is 5.26. The average Bonchev–Trinajstić information content (AvgIpc) is 1.53. The summed E-state index contributed by atoms with van der Waals surface area (Å²) in [5.41, 5.74) is 0. The molecule has 0 spiro atoms. The molecule has 0 rings (SSSR count). The Hall–Kier alpha value is -1.94. The van der Waals surface area contributed by atoms with E-state index in [1.54, 1.807) is 0 Å². The summed E-state index contributed by atoms with van der Waals surface area (Å²) < 4.78 is 68.5. The Morgan fingerprint density at radius 1 is 0.301 bits per heavy atom. The van der Waals surface area contributed by atoms with Crippen molar-refractivity contribution in [2.24, 2.45) is 23.7 Å². The number of phosphoric acid groups is 2. The number of aliphatic hydroxyl groups is 1. The second-order valence-corrected chi connectivity index (χ2v) is 31.0. The van der Waals surface area contributed by atoms with Gasteiger partial charge in [0.1, 0.15) is 19.3 Å². The number of hydrogen-bond acceptors (Lipinski definition) is 15. The Labute approximate surface area is 568 Å². The van der Waals surface area contributed by atoms with E-state index in [4.69, 9.17) is 37.0 Å². The van der Waals surface area contributed by atoms with E-state index in [9.17, 15) is 43.2 Å². The van der Waals surface area contributed by atoms with E-state index in [0.29, 0.717) is 25.7 Å². The van der Waals surface area contributed by atoms with Crippen molar-refractivity contribution in [2.45, 2.75) is 388 Å². The summed E-state index contributed by atoms with van der Waals surface area (Å²) in [5, 5.41) is 10.6. The number of esters is 4. The van der Waals surface area contributed by atoms with E-state index in [2.05, 4.69) is 55.4 Å². The molecule has 552 valence electrons. The maximum atomic E-state index is 13.1. The number of carbonyl (C=O) groups excluding carboxylic acids is 4. The van der Waals surface area contributed by atoms with Crippen LogP contribution in [-0.2, 0) is 65.4 Å². The fourth-order valence-electron chi connectivity index (χ4n) is 11.1. The lowest BCUT2D eigenvalue weighted by Crippen LogP contribution is -2.30. The van der Waals surface area contributed by atoms with E-state index in [1.165, 1.54) is 167 Å². The molecule has 0 aliphatic rings. The summed E-state index contributed by atoms with van der Waals surface area (Å²) in [5.74, 6) is 0.955. The quantitative estimate of drug-likeness (QED) is 0.0222. The highest BCUT2D eigenvalue weighted by molar-refractivity contribution is 7.47. The van der Waals surface area contributed by atoms with Crippen molar-refractivity contribution < 1.29 is 80.2 Å². The topological polar surface area (TPSA) is 237 Å². The highest BCUT2D eigenvalue weighted by Crippen LogP contribution is 2.45. The van der Waals surface area contributed by atoms with Crippen LogP contribution in [-0.4, -0.2) is 96.7 Å². The predicted octanol–water partition coefficient (Wildman–Crippen LogP) is 21.3. The molecule has 0 fully saturated rings. The minimum atomic E-state index is -4.96. The second kappa shape index (κ2) is 63.5. The van der Waals surface area contributed by atoms with E-state index in [-0.39, 0.29) is 25.7 Å². The molecule has 0 saturated carbocycles. The second-order valence-electron chi connectivity index (χ2n) is 28.1. The van der Waals surface area contributed by atoms with Crippen LogP contribution in [0.4, 0.5) is 0 Å². The van der Waals surface area contributed by atoms with Crippen molar-refractivity contribution in [1.82, 2.24) is 0 Å². The first-order valence-electron chi connectivity index (χ1n) is 38.3. The highest BCUT2D eigenvalue weighted by Gasteiger charge is 2.30. The van der Waals surface area contributed by atoms with Crippen LogP contribution in [0.15, 0.2) is 0 Å². The normalized spacial score (nSPS) is 14.8. The van der Waals surface area contributed by atoms with Crippen LogP contribution in [0.1, 0.15) is 370 Å². The zero-order valence-electron chi connectivity index (χ0n) is 60.9. The van der Waals surface area contributed by atoms with Gasteiger partial charge in [-0.3, -0.25) is 37.3 Å². The fraction of sp³-hybridized carbons (Fsp3) is 0.946. The SMILES string of the molecule is CCC(C)CCCCCCCCCCCCC(=O)O[C@H](COC(=O)CCCCCCCCCCCCC(C)C)COP(=O)(O)OC[C@@H](O)COP(=O)(O)OC[C@@H](COC(=O)CCCCCCCCC(C)CC)OC(=O)CCCCCCCCCCCCCCCC(C)C. The predicted molar refractivity (Wildman–Crippen MR) is 377 cm³/mol. The minimum absolute atomic E-state index is 0.105. The fourth-order valence-corrected chi connectivity index (χ4v) is 12.7. The third-order valence-corrected chi connectivity index (χ3v) is 19.7. The summed E-state index contributed by atoms with van der Waals surface area (Å²) in [4.78, 5) is 72.7. The van der Waals surface area contributed by atoms with Gasteiger partial charge in [-0.2, -0.15) is 0 Å². The molecule has 7 atom stereocenters. The summed E-state index contributed by atoms with van der Waals surface area (Å²) in [6.45, 7) is 14.2. The van der Waals surface area contributed by atoms with Gasteiger partial charge in [0.2, 0.25) is 0 Å². The molecule has 0 bridgehead atoms. The lowest BCUT2D eigenvalue weighted by Gasteiger charge is -2.21. The third kappa shape index (κ3) is 65.8. The van der Waals surface area contributed by atoms with E-state index in [0.717, 1.165) is 120 Å². The molecule has 0 aromatic carbocycles. The number of carbonyl (C=O) groups is 4. The standard InChI is InChI=1S/C74H144O17P2/c1-9-66(7)52-44-36-28-22-17-19-25-31-41-49-57-74(79)90-69(60-84-71(76)54-46-38-29-23-18-16-21-27-35-43-51-65(5)6)62-88-92(80,81)86-58-68(75)59-87-93(82,83)89-63-70(61-85-72(77)55-47-39-33-32-37-45-53-67(8)10-2)91-73(78)56-48-40-30-24-15-13-11-12-14-20-26-34-42-50-64(3)4/h64-70,75H,9-63H2,1-8H3,(H,80,81)(H,82,83)/t66?,67?,68-,69-,70-/m1/s1. The number of phosphoric ester groups is 2. The Bertz CT molecular complexity index is 1840. The smallest absolute Gasteiger partial charge is 0.462 e. The first kappa shape index (κ1) is 91.1. The molecule has 0 aromatic rings. The van der Waals surface area contributed by atoms with Crippen molar-refractivity contribution in [3.63, 3.8) is 0 Å². The van der Waals surface area contributed by atoms with Crippen molar-refractivity contribution >= 4 is 39.5 Å². The first-order valence-corrected chi connectivity index (χ1v) is 41.3. The summed E-state index contributed by atoms with van der Waals surface area (Å²) >= 11 is 0. The van der Waals surface area contributed by atoms with Crippen LogP contribution < -0.4 is 0 Å². The molecule has 3 N–H and O–H groups in total. The van der Waals surface area contributed by atoms with Crippen molar-refractivity contribution in [3.8, 4) is 0 Å². The first-order chi connectivity index (χ1) is 44.7. The molecular weight excluding hydrogens is 1220 g/mol. The van der Waals surface area contributed by atoms with Gasteiger partial charge >= 0.3 is 39.5 Å². The highest BCUT2D eigenvalue weighted by atomic mass is 31.2. The Morgan fingerprint density at radius 3 is 0.763 bits per heavy atom. The van der Waals surface area contributed by atoms with Crippen molar-refractivity contribution in [1.29, 1.82) is 0 Å². The third-order valence-electron chi connectivity index (χ3n) is 17.8. The van der Waals surface area contributed by atoms with E-state index >= 15 is 0 Å². The molecule has 0 saturated heterocycles. The zero-order valence-corrected chi connectivity index (χ0v) is 62.7. The van der Waals surface area contributed by atoms with Crippen LogP contribution in [0.5, 0.6) is 0 Å². The lowest BCUT2D eigenvalue weighted by atomic mass is 9.99. The average molecular weight is 1370 g/mol.